The van der Waals surface area contributed by atoms with Gasteiger partial charge in [0, 0.05) is 17.5 Å². The summed E-state index contributed by atoms with van der Waals surface area (Å²) in [6.07, 6.45) is 4.76. The highest BCUT2D eigenvalue weighted by Crippen LogP contribution is 2.37. The van der Waals surface area contributed by atoms with E-state index in [1.807, 2.05) is 11.3 Å². The van der Waals surface area contributed by atoms with Gasteiger partial charge in [-0.05, 0) is 42.7 Å². The van der Waals surface area contributed by atoms with Gasteiger partial charge in [0.2, 0.25) is 0 Å². The summed E-state index contributed by atoms with van der Waals surface area (Å²) in [6.45, 7) is 3.57. The van der Waals surface area contributed by atoms with Crippen molar-refractivity contribution in [3.63, 3.8) is 0 Å². The summed E-state index contributed by atoms with van der Waals surface area (Å²) in [5.41, 5.74) is 2.40. The van der Waals surface area contributed by atoms with Crippen molar-refractivity contribution in [3.05, 3.63) is 57.8 Å². The third-order valence-corrected chi connectivity index (χ3v) is 5.95. The van der Waals surface area contributed by atoms with Gasteiger partial charge in [0.1, 0.15) is 0 Å². The molecule has 0 radical (unpaired) electrons. The van der Waals surface area contributed by atoms with Crippen molar-refractivity contribution in [2.24, 2.45) is 5.92 Å². The summed E-state index contributed by atoms with van der Waals surface area (Å²) in [5.74, 6) is 0.694. The van der Waals surface area contributed by atoms with Crippen LogP contribution >= 0.6 is 23.7 Å². The van der Waals surface area contributed by atoms with Crippen molar-refractivity contribution in [3.8, 4) is 0 Å². The lowest BCUT2D eigenvalue weighted by atomic mass is 9.96. The normalized spacial score (nSPS) is 17.0. The average molecular weight is 396 g/mol. The highest BCUT2D eigenvalue weighted by Gasteiger charge is 2.27. The Hall–Kier alpha value is -0.910. The van der Waals surface area contributed by atoms with Crippen LogP contribution in [0.15, 0.2) is 41.8 Å². The predicted molar refractivity (Wildman–Crippen MR) is 111 cm³/mol. The maximum absolute atomic E-state index is 10.3. The van der Waals surface area contributed by atoms with Crippen LogP contribution in [-0.2, 0) is 11.3 Å². The summed E-state index contributed by atoms with van der Waals surface area (Å²) >= 11 is 1.81. The molecule has 3 nitrogen and oxygen atoms in total. The highest BCUT2D eigenvalue weighted by atomic mass is 35.5. The fraction of sp³-hybridized carbons (Fsp3) is 0.524. The van der Waals surface area contributed by atoms with Gasteiger partial charge < -0.3 is 15.2 Å². The Kier molecular flexibility index (Phi) is 9.09. The van der Waals surface area contributed by atoms with E-state index < -0.39 is 6.10 Å². The topological polar surface area (TPSA) is 41.5 Å². The summed E-state index contributed by atoms with van der Waals surface area (Å²) < 4.78 is 5.68. The van der Waals surface area contributed by atoms with Crippen molar-refractivity contribution in [2.45, 2.75) is 51.4 Å². The number of aliphatic hydroxyl groups is 1. The quantitative estimate of drug-likeness (QED) is 0.636. The second-order valence-electron chi connectivity index (χ2n) is 7.10. The molecule has 2 atom stereocenters. The van der Waals surface area contributed by atoms with Crippen molar-refractivity contribution in [2.75, 3.05) is 13.2 Å². The molecule has 2 aromatic rings. The maximum atomic E-state index is 10.3. The minimum absolute atomic E-state index is 0. The number of hydrogen-bond acceptors (Lipinski definition) is 4. The first kappa shape index (κ1) is 21.4. The molecular formula is C21H30ClNO2S. The number of thiophene rings is 1. The fourth-order valence-electron chi connectivity index (χ4n) is 3.58. The number of rotatable bonds is 9. The third kappa shape index (κ3) is 6.36. The van der Waals surface area contributed by atoms with Gasteiger partial charge in [0.15, 0.2) is 0 Å². The number of aryl methyl sites for hydroxylation is 1. The Morgan fingerprint density at radius 1 is 1.19 bits per heavy atom. The minimum Gasteiger partial charge on any atom is -0.389 e. The van der Waals surface area contributed by atoms with E-state index in [4.69, 9.17) is 4.74 Å². The molecule has 1 aromatic carbocycles. The molecule has 5 heteroatoms. The van der Waals surface area contributed by atoms with E-state index in [0.717, 1.165) is 5.56 Å². The molecule has 26 heavy (non-hydrogen) atoms. The zero-order chi connectivity index (χ0) is 17.5. The molecular weight excluding hydrogens is 366 g/mol. The monoisotopic (exact) mass is 395 g/mol. The van der Waals surface area contributed by atoms with Crippen LogP contribution < -0.4 is 5.32 Å². The van der Waals surface area contributed by atoms with Gasteiger partial charge in [0.05, 0.1) is 19.3 Å². The number of hydrogen-bond donors (Lipinski definition) is 2. The lowest BCUT2D eigenvalue weighted by molar-refractivity contribution is 0.0266. The Morgan fingerprint density at radius 2 is 1.92 bits per heavy atom. The molecule has 2 unspecified atom stereocenters. The second kappa shape index (κ2) is 11.1. The van der Waals surface area contributed by atoms with Crippen LogP contribution in [0.5, 0.6) is 0 Å². The molecule has 2 N–H and O–H groups in total. The predicted octanol–water partition coefficient (Wildman–Crippen LogP) is 4.88. The maximum Gasteiger partial charge on any atom is 0.0898 e. The Bertz CT molecular complexity index is 611. The van der Waals surface area contributed by atoms with Crippen LogP contribution in [0, 0.1) is 12.8 Å². The highest BCUT2D eigenvalue weighted by molar-refractivity contribution is 7.10. The summed E-state index contributed by atoms with van der Waals surface area (Å²) in [7, 11) is 0. The molecule has 1 aromatic heterocycles. The molecule has 0 spiro atoms. The standard InChI is InChI=1S/C21H29NO2S.ClH/c1-16-8-10-17(11-9-16)14-24-15-19(23)13-22-21(18-5-2-3-6-18)20-7-4-12-25-20;/h4,7-12,18-19,21-23H,2-3,5-6,13-15H2,1H3;1H. The molecule has 0 aliphatic heterocycles. The van der Waals surface area contributed by atoms with Gasteiger partial charge in [-0.1, -0.05) is 48.7 Å². The smallest absolute Gasteiger partial charge is 0.0898 e. The van der Waals surface area contributed by atoms with Crippen molar-refractivity contribution >= 4 is 23.7 Å². The van der Waals surface area contributed by atoms with Gasteiger partial charge in [-0.15, -0.1) is 23.7 Å². The number of ether oxygens (including phenoxy) is 1. The third-order valence-electron chi connectivity index (χ3n) is 4.99. The summed E-state index contributed by atoms with van der Waals surface area (Å²) in [4.78, 5) is 1.39. The molecule has 3 rings (SSSR count). The first-order valence-corrected chi connectivity index (χ1v) is 10.2. The summed E-state index contributed by atoms with van der Waals surface area (Å²) in [5, 5.41) is 16.0. The van der Waals surface area contributed by atoms with Crippen LogP contribution in [-0.4, -0.2) is 24.4 Å². The molecule has 0 saturated heterocycles. The van der Waals surface area contributed by atoms with E-state index in [9.17, 15) is 5.11 Å². The van der Waals surface area contributed by atoms with Gasteiger partial charge in [-0.3, -0.25) is 0 Å². The molecule has 144 valence electrons. The van der Waals surface area contributed by atoms with Gasteiger partial charge >= 0.3 is 0 Å². The lowest BCUT2D eigenvalue weighted by Gasteiger charge is -2.25. The number of aliphatic hydroxyl groups excluding tert-OH is 1. The first-order chi connectivity index (χ1) is 12.2. The van der Waals surface area contributed by atoms with Gasteiger partial charge in [-0.25, -0.2) is 0 Å². The molecule has 1 aliphatic carbocycles. The van der Waals surface area contributed by atoms with Crippen LogP contribution in [0.3, 0.4) is 0 Å². The van der Waals surface area contributed by atoms with Crippen LogP contribution in [0.25, 0.3) is 0 Å². The number of benzene rings is 1. The van der Waals surface area contributed by atoms with Gasteiger partial charge in [-0.2, -0.15) is 0 Å². The van der Waals surface area contributed by atoms with Crippen molar-refractivity contribution in [1.82, 2.24) is 5.32 Å². The molecule has 1 heterocycles. The SMILES string of the molecule is Cc1ccc(COCC(O)CNC(c2cccs2)C2CCCC2)cc1.Cl. The largest absolute Gasteiger partial charge is 0.389 e. The zero-order valence-electron chi connectivity index (χ0n) is 15.4. The molecule has 0 bridgehead atoms. The van der Waals surface area contributed by atoms with Gasteiger partial charge in [0.25, 0.3) is 0 Å². The van der Waals surface area contributed by atoms with E-state index in [2.05, 4.69) is 54.0 Å². The average Bonchev–Trinajstić information content (AvgIpc) is 3.31. The van der Waals surface area contributed by atoms with E-state index >= 15 is 0 Å². The second-order valence-corrected chi connectivity index (χ2v) is 8.08. The van der Waals surface area contributed by atoms with E-state index in [0.29, 0.717) is 31.7 Å². The van der Waals surface area contributed by atoms with Crippen LogP contribution in [0.1, 0.15) is 47.7 Å². The summed E-state index contributed by atoms with van der Waals surface area (Å²) in [6, 6.07) is 13.0. The Labute approximate surface area is 167 Å². The van der Waals surface area contributed by atoms with Crippen LogP contribution in [0.4, 0.5) is 0 Å². The van der Waals surface area contributed by atoms with Crippen molar-refractivity contribution < 1.29 is 9.84 Å². The van der Waals surface area contributed by atoms with E-state index in [1.54, 1.807) is 0 Å². The van der Waals surface area contributed by atoms with E-state index in [-0.39, 0.29) is 12.4 Å². The lowest BCUT2D eigenvalue weighted by Crippen LogP contribution is -2.35. The molecule has 0 amide bonds. The Balaban J connectivity index is 0.00000243. The Morgan fingerprint density at radius 3 is 2.58 bits per heavy atom. The number of nitrogens with one attached hydrogen (secondary N) is 1. The van der Waals surface area contributed by atoms with Crippen LogP contribution in [0.2, 0.25) is 0 Å². The molecule has 1 saturated carbocycles. The van der Waals surface area contributed by atoms with E-state index in [1.165, 1.54) is 36.1 Å². The molecule has 1 fully saturated rings. The number of halogens is 1. The minimum atomic E-state index is -0.477. The fourth-order valence-corrected chi connectivity index (χ4v) is 4.47. The van der Waals surface area contributed by atoms with Crippen molar-refractivity contribution in [1.29, 1.82) is 0 Å². The molecule has 1 aliphatic rings. The zero-order valence-corrected chi connectivity index (χ0v) is 17.0. The first-order valence-electron chi connectivity index (χ1n) is 9.30.